The molecular formula is C23H47NO. The van der Waals surface area contributed by atoms with E-state index in [0.29, 0.717) is 5.91 Å². The number of hydrogen-bond acceptors (Lipinski definition) is 1. The van der Waals surface area contributed by atoms with Crippen LogP contribution in [-0.2, 0) is 4.79 Å². The van der Waals surface area contributed by atoms with Gasteiger partial charge in [0, 0.05) is 20.0 Å². The summed E-state index contributed by atoms with van der Waals surface area (Å²) in [6.07, 6.45) is 23.7. The van der Waals surface area contributed by atoms with Gasteiger partial charge in [-0.1, -0.05) is 110 Å². The van der Waals surface area contributed by atoms with Crippen molar-refractivity contribution in [2.24, 2.45) is 0 Å². The Kier molecular flexibility index (Phi) is 19.4. The van der Waals surface area contributed by atoms with Crippen molar-refractivity contribution in [3.05, 3.63) is 0 Å². The second-order valence-corrected chi connectivity index (χ2v) is 7.87. The Morgan fingerprint density at radius 3 is 1.32 bits per heavy atom. The molecule has 0 fully saturated rings. The predicted octanol–water partition coefficient (Wildman–Crippen LogP) is 7.51. The number of carbonyl (C=O) groups excluding carboxylic acids is 1. The van der Waals surface area contributed by atoms with Gasteiger partial charge in [-0.2, -0.15) is 0 Å². The van der Waals surface area contributed by atoms with Crippen molar-refractivity contribution >= 4 is 5.91 Å². The van der Waals surface area contributed by atoms with Crippen LogP contribution in [0.2, 0.25) is 0 Å². The van der Waals surface area contributed by atoms with Gasteiger partial charge in [-0.05, 0) is 12.8 Å². The Balaban J connectivity index is 3.17. The van der Waals surface area contributed by atoms with Gasteiger partial charge >= 0.3 is 0 Å². The lowest BCUT2D eigenvalue weighted by atomic mass is 10.0. The third kappa shape index (κ3) is 18.1. The highest BCUT2D eigenvalue weighted by molar-refractivity contribution is 5.75. The summed E-state index contributed by atoms with van der Waals surface area (Å²) >= 11 is 0. The van der Waals surface area contributed by atoms with Crippen molar-refractivity contribution < 1.29 is 4.79 Å². The number of amides is 1. The fourth-order valence-corrected chi connectivity index (χ4v) is 3.36. The first kappa shape index (κ1) is 24.5. The molecule has 0 aromatic rings. The van der Waals surface area contributed by atoms with Gasteiger partial charge in [0.15, 0.2) is 0 Å². The number of unbranched alkanes of at least 4 members (excludes halogenated alkanes) is 15. The minimum absolute atomic E-state index is 0.336. The maximum atomic E-state index is 11.9. The zero-order chi connectivity index (χ0) is 18.6. The zero-order valence-corrected chi connectivity index (χ0v) is 17.8. The highest BCUT2D eigenvalue weighted by atomic mass is 16.2. The quantitative estimate of drug-likeness (QED) is 0.220. The fraction of sp³-hybridized carbons (Fsp3) is 0.957. The Hall–Kier alpha value is -0.530. The fourth-order valence-electron chi connectivity index (χ4n) is 3.36. The Bertz CT molecular complexity index is 277. The average molecular weight is 354 g/mol. The molecule has 2 heteroatoms. The van der Waals surface area contributed by atoms with E-state index in [-0.39, 0.29) is 0 Å². The van der Waals surface area contributed by atoms with Gasteiger partial charge < -0.3 is 4.90 Å². The summed E-state index contributed by atoms with van der Waals surface area (Å²) in [5.74, 6) is 0.336. The third-order valence-corrected chi connectivity index (χ3v) is 5.27. The van der Waals surface area contributed by atoms with Crippen LogP contribution in [0.15, 0.2) is 0 Å². The van der Waals surface area contributed by atoms with E-state index in [1.54, 1.807) is 0 Å². The molecule has 0 aliphatic heterocycles. The van der Waals surface area contributed by atoms with Crippen LogP contribution >= 0.6 is 0 Å². The van der Waals surface area contributed by atoms with E-state index < -0.39 is 0 Å². The van der Waals surface area contributed by atoms with Crippen LogP contribution < -0.4 is 0 Å². The molecule has 0 radical (unpaired) electrons. The van der Waals surface area contributed by atoms with Crippen LogP contribution in [0, 0.1) is 0 Å². The van der Waals surface area contributed by atoms with E-state index in [2.05, 4.69) is 13.8 Å². The Morgan fingerprint density at radius 2 is 0.920 bits per heavy atom. The molecule has 0 rings (SSSR count). The van der Waals surface area contributed by atoms with E-state index in [4.69, 9.17) is 0 Å². The molecule has 2 nitrogen and oxygen atoms in total. The second-order valence-electron chi connectivity index (χ2n) is 7.87. The van der Waals surface area contributed by atoms with Crippen molar-refractivity contribution in [2.45, 2.75) is 129 Å². The number of rotatable bonds is 19. The molecule has 150 valence electrons. The van der Waals surface area contributed by atoms with E-state index in [9.17, 15) is 4.79 Å². The van der Waals surface area contributed by atoms with Gasteiger partial charge in [0.2, 0.25) is 5.91 Å². The van der Waals surface area contributed by atoms with Gasteiger partial charge in [0.25, 0.3) is 0 Å². The summed E-state index contributed by atoms with van der Waals surface area (Å²) < 4.78 is 0. The first-order chi connectivity index (χ1) is 12.2. The van der Waals surface area contributed by atoms with Gasteiger partial charge in [0.1, 0.15) is 0 Å². The highest BCUT2D eigenvalue weighted by Gasteiger charge is 2.06. The number of carbonyl (C=O) groups is 1. The van der Waals surface area contributed by atoms with Crippen molar-refractivity contribution in [1.82, 2.24) is 4.90 Å². The number of hydrogen-bond donors (Lipinski definition) is 0. The first-order valence-corrected chi connectivity index (χ1v) is 11.5. The Labute approximate surface area is 159 Å². The average Bonchev–Trinajstić information content (AvgIpc) is 2.62. The van der Waals surface area contributed by atoms with Gasteiger partial charge in [0.05, 0.1) is 0 Å². The van der Waals surface area contributed by atoms with Crippen LogP contribution in [0.5, 0.6) is 0 Å². The topological polar surface area (TPSA) is 20.3 Å². The van der Waals surface area contributed by atoms with Crippen LogP contribution in [-0.4, -0.2) is 24.4 Å². The molecule has 0 spiro atoms. The van der Waals surface area contributed by atoms with Crippen LogP contribution in [0.4, 0.5) is 0 Å². The van der Waals surface area contributed by atoms with Crippen molar-refractivity contribution in [2.75, 3.05) is 13.6 Å². The molecule has 0 aliphatic carbocycles. The van der Waals surface area contributed by atoms with Gasteiger partial charge in [-0.15, -0.1) is 0 Å². The maximum absolute atomic E-state index is 11.9. The minimum atomic E-state index is 0.336. The van der Waals surface area contributed by atoms with Crippen LogP contribution in [0.3, 0.4) is 0 Å². The molecule has 0 saturated heterocycles. The maximum Gasteiger partial charge on any atom is 0.222 e. The van der Waals surface area contributed by atoms with Crippen molar-refractivity contribution in [3.63, 3.8) is 0 Å². The highest BCUT2D eigenvalue weighted by Crippen LogP contribution is 2.14. The largest absolute Gasteiger partial charge is 0.346 e. The molecule has 0 aromatic heterocycles. The molecule has 0 unspecified atom stereocenters. The van der Waals surface area contributed by atoms with Crippen molar-refractivity contribution in [1.29, 1.82) is 0 Å². The summed E-state index contributed by atoms with van der Waals surface area (Å²) in [7, 11) is 1.95. The summed E-state index contributed by atoms with van der Waals surface area (Å²) in [4.78, 5) is 13.8. The molecular weight excluding hydrogens is 306 g/mol. The minimum Gasteiger partial charge on any atom is -0.346 e. The van der Waals surface area contributed by atoms with E-state index in [1.807, 2.05) is 11.9 Å². The summed E-state index contributed by atoms with van der Waals surface area (Å²) in [5, 5.41) is 0. The molecule has 0 N–H and O–H groups in total. The Morgan fingerprint density at radius 1 is 0.560 bits per heavy atom. The van der Waals surface area contributed by atoms with Gasteiger partial charge in [-0.3, -0.25) is 4.79 Å². The molecule has 0 saturated carbocycles. The lowest BCUT2D eigenvalue weighted by molar-refractivity contribution is -0.130. The van der Waals surface area contributed by atoms with E-state index in [0.717, 1.165) is 32.2 Å². The molecule has 0 aromatic carbocycles. The lowest BCUT2D eigenvalue weighted by Gasteiger charge is -2.16. The predicted molar refractivity (Wildman–Crippen MR) is 112 cm³/mol. The molecule has 0 atom stereocenters. The molecule has 0 bridgehead atoms. The third-order valence-electron chi connectivity index (χ3n) is 5.27. The first-order valence-electron chi connectivity index (χ1n) is 11.5. The summed E-state index contributed by atoms with van der Waals surface area (Å²) in [5.41, 5.74) is 0. The lowest BCUT2D eigenvalue weighted by Crippen LogP contribution is -2.27. The SMILES string of the molecule is CCCCCCCCCCCCCCCCCC(=O)N(C)CCCC. The molecule has 0 heterocycles. The molecule has 25 heavy (non-hydrogen) atoms. The standard InChI is InChI=1S/C23H47NO/c1-4-6-8-9-10-11-12-13-14-15-16-17-18-19-20-21-23(25)24(3)22-7-5-2/h4-22H2,1-3H3. The van der Waals surface area contributed by atoms with E-state index >= 15 is 0 Å². The summed E-state index contributed by atoms with van der Waals surface area (Å²) in [6, 6.07) is 0. The second kappa shape index (κ2) is 19.8. The smallest absolute Gasteiger partial charge is 0.222 e. The van der Waals surface area contributed by atoms with Crippen LogP contribution in [0.1, 0.15) is 129 Å². The molecule has 0 aliphatic rings. The number of nitrogens with zero attached hydrogens (tertiary/aromatic N) is 1. The van der Waals surface area contributed by atoms with E-state index in [1.165, 1.54) is 89.9 Å². The van der Waals surface area contributed by atoms with Crippen molar-refractivity contribution in [3.8, 4) is 0 Å². The molecule has 1 amide bonds. The summed E-state index contributed by atoms with van der Waals surface area (Å²) in [6.45, 7) is 5.38. The zero-order valence-electron chi connectivity index (χ0n) is 17.8. The van der Waals surface area contributed by atoms with Crippen LogP contribution in [0.25, 0.3) is 0 Å². The van der Waals surface area contributed by atoms with Gasteiger partial charge in [-0.25, -0.2) is 0 Å². The monoisotopic (exact) mass is 353 g/mol. The normalized spacial score (nSPS) is 11.0.